The van der Waals surface area contributed by atoms with E-state index in [-0.39, 0.29) is 23.7 Å². The minimum Gasteiger partial charge on any atom is -0.494 e. The summed E-state index contributed by atoms with van der Waals surface area (Å²) in [6.45, 7) is 4.89. The number of methoxy groups -OCH3 is 1. The number of ether oxygens (including phenoxy) is 1. The highest BCUT2D eigenvalue weighted by Gasteiger charge is 2.27. The second-order valence-electron chi connectivity index (χ2n) is 7.30. The number of benzene rings is 2. The maximum Gasteiger partial charge on any atom is 0.232 e. The number of hydrogen-bond donors (Lipinski definition) is 1. The van der Waals surface area contributed by atoms with Gasteiger partial charge < -0.3 is 15.0 Å². The van der Waals surface area contributed by atoms with Crippen molar-refractivity contribution in [3.8, 4) is 5.75 Å². The monoisotopic (exact) mass is 380 g/mol. The summed E-state index contributed by atoms with van der Waals surface area (Å²) in [4.78, 5) is 26.9. The maximum atomic E-state index is 13.1. The lowest BCUT2D eigenvalue weighted by Gasteiger charge is -2.24. The standard InChI is InChI=1S/C23H28N2O3/c1-4-16(2)22(17-9-6-5-7-10-17)23(27)24-18-12-13-19(20(15-18)28-3)25-14-8-11-21(25)26/h5-7,9-10,12-13,15-16,22H,4,8,11,14H2,1-3H3,(H,24,27)/t16-,22+/m0/s1. The van der Waals surface area contributed by atoms with Crippen molar-refractivity contribution >= 4 is 23.2 Å². The highest BCUT2D eigenvalue weighted by molar-refractivity contribution is 5.99. The number of nitrogens with zero attached hydrogens (tertiary/aromatic N) is 1. The highest BCUT2D eigenvalue weighted by Crippen LogP contribution is 2.35. The Hall–Kier alpha value is -2.82. The average molecular weight is 380 g/mol. The fourth-order valence-corrected chi connectivity index (χ4v) is 3.74. The van der Waals surface area contributed by atoms with Gasteiger partial charge in [0.2, 0.25) is 11.8 Å². The fourth-order valence-electron chi connectivity index (χ4n) is 3.74. The molecule has 0 saturated carbocycles. The summed E-state index contributed by atoms with van der Waals surface area (Å²) < 4.78 is 5.50. The largest absolute Gasteiger partial charge is 0.494 e. The Morgan fingerprint density at radius 3 is 2.57 bits per heavy atom. The van der Waals surface area contributed by atoms with E-state index in [9.17, 15) is 9.59 Å². The quantitative estimate of drug-likeness (QED) is 0.764. The lowest BCUT2D eigenvalue weighted by atomic mass is 9.85. The first kappa shape index (κ1) is 19.9. The molecule has 148 valence electrons. The predicted molar refractivity (Wildman–Crippen MR) is 112 cm³/mol. The summed E-state index contributed by atoms with van der Waals surface area (Å²) in [5, 5.41) is 3.04. The molecule has 1 aliphatic rings. The predicted octanol–water partition coefficient (Wildman–Crippen LogP) is 4.59. The summed E-state index contributed by atoms with van der Waals surface area (Å²) in [5.74, 6) is 0.652. The van der Waals surface area contributed by atoms with E-state index < -0.39 is 0 Å². The molecule has 2 atom stereocenters. The van der Waals surface area contributed by atoms with Crippen molar-refractivity contribution in [2.24, 2.45) is 5.92 Å². The molecule has 0 aliphatic carbocycles. The molecule has 1 aliphatic heterocycles. The van der Waals surface area contributed by atoms with Gasteiger partial charge in [-0.3, -0.25) is 9.59 Å². The second kappa shape index (κ2) is 8.91. The normalized spacial score (nSPS) is 16.0. The molecule has 1 fully saturated rings. The van der Waals surface area contributed by atoms with E-state index in [0.29, 0.717) is 24.4 Å². The number of carbonyl (C=O) groups excluding carboxylic acids is 2. The molecule has 0 unspecified atom stereocenters. The zero-order valence-corrected chi connectivity index (χ0v) is 16.8. The average Bonchev–Trinajstić information content (AvgIpc) is 3.14. The van der Waals surface area contributed by atoms with Crippen LogP contribution in [0.15, 0.2) is 48.5 Å². The maximum absolute atomic E-state index is 13.1. The lowest BCUT2D eigenvalue weighted by molar-refractivity contribution is -0.119. The smallest absolute Gasteiger partial charge is 0.232 e. The first-order chi connectivity index (χ1) is 13.5. The van der Waals surface area contributed by atoms with Crippen LogP contribution in [0.5, 0.6) is 5.75 Å². The van der Waals surface area contributed by atoms with Gasteiger partial charge in [-0.1, -0.05) is 50.6 Å². The van der Waals surface area contributed by atoms with Crippen molar-refractivity contribution in [3.05, 3.63) is 54.1 Å². The Kier molecular flexibility index (Phi) is 6.34. The van der Waals surface area contributed by atoms with Crippen LogP contribution >= 0.6 is 0 Å². The molecule has 2 amide bonds. The van der Waals surface area contributed by atoms with Crippen LogP contribution < -0.4 is 15.0 Å². The van der Waals surface area contributed by atoms with Crippen molar-refractivity contribution < 1.29 is 14.3 Å². The third kappa shape index (κ3) is 4.19. The van der Waals surface area contributed by atoms with E-state index in [1.165, 1.54) is 0 Å². The van der Waals surface area contributed by atoms with Gasteiger partial charge in [0.15, 0.2) is 0 Å². The van der Waals surface area contributed by atoms with Gasteiger partial charge in [-0.05, 0) is 30.0 Å². The molecule has 0 spiro atoms. The fraction of sp³-hybridized carbons (Fsp3) is 0.391. The van der Waals surface area contributed by atoms with Crippen LogP contribution in [0.25, 0.3) is 0 Å². The number of rotatable bonds is 7. The third-order valence-corrected chi connectivity index (χ3v) is 5.47. The van der Waals surface area contributed by atoms with E-state index in [1.54, 1.807) is 18.1 Å². The van der Waals surface area contributed by atoms with Crippen molar-refractivity contribution in [2.45, 2.75) is 39.0 Å². The van der Waals surface area contributed by atoms with Gasteiger partial charge in [0.1, 0.15) is 5.75 Å². The van der Waals surface area contributed by atoms with Crippen LogP contribution in [-0.2, 0) is 9.59 Å². The molecule has 0 aromatic heterocycles. The van der Waals surface area contributed by atoms with Crippen molar-refractivity contribution in [3.63, 3.8) is 0 Å². The van der Waals surface area contributed by atoms with Gasteiger partial charge in [-0.2, -0.15) is 0 Å². The molecule has 0 bridgehead atoms. The Balaban J connectivity index is 1.83. The number of carbonyl (C=O) groups is 2. The summed E-state index contributed by atoms with van der Waals surface area (Å²) in [7, 11) is 1.58. The first-order valence-corrected chi connectivity index (χ1v) is 9.89. The first-order valence-electron chi connectivity index (χ1n) is 9.89. The molecule has 0 radical (unpaired) electrons. The Morgan fingerprint density at radius 1 is 1.21 bits per heavy atom. The molecule has 2 aromatic carbocycles. The van der Waals surface area contributed by atoms with Gasteiger partial charge in [-0.25, -0.2) is 0 Å². The third-order valence-electron chi connectivity index (χ3n) is 5.47. The van der Waals surface area contributed by atoms with E-state index in [1.807, 2.05) is 42.5 Å². The van der Waals surface area contributed by atoms with Gasteiger partial charge in [0.05, 0.1) is 18.7 Å². The number of anilines is 2. The molecular weight excluding hydrogens is 352 g/mol. The van der Waals surface area contributed by atoms with Gasteiger partial charge in [-0.15, -0.1) is 0 Å². The summed E-state index contributed by atoms with van der Waals surface area (Å²) >= 11 is 0. The molecule has 1 saturated heterocycles. The summed E-state index contributed by atoms with van der Waals surface area (Å²) in [5.41, 5.74) is 2.44. The molecular formula is C23H28N2O3. The van der Waals surface area contributed by atoms with E-state index >= 15 is 0 Å². The van der Waals surface area contributed by atoms with Crippen LogP contribution in [0, 0.1) is 5.92 Å². The Labute approximate surface area is 166 Å². The van der Waals surface area contributed by atoms with E-state index in [2.05, 4.69) is 19.2 Å². The topological polar surface area (TPSA) is 58.6 Å². The Morgan fingerprint density at radius 2 is 1.96 bits per heavy atom. The summed E-state index contributed by atoms with van der Waals surface area (Å²) in [6, 6.07) is 15.3. The zero-order valence-electron chi connectivity index (χ0n) is 16.8. The van der Waals surface area contributed by atoms with E-state index in [0.717, 1.165) is 24.1 Å². The highest BCUT2D eigenvalue weighted by atomic mass is 16.5. The van der Waals surface area contributed by atoms with Crippen molar-refractivity contribution in [1.29, 1.82) is 0 Å². The van der Waals surface area contributed by atoms with Gasteiger partial charge in [0, 0.05) is 24.7 Å². The molecule has 3 rings (SSSR count). The summed E-state index contributed by atoms with van der Waals surface area (Å²) in [6.07, 6.45) is 2.33. The Bertz CT molecular complexity index is 835. The van der Waals surface area contributed by atoms with Crippen LogP contribution in [0.4, 0.5) is 11.4 Å². The molecule has 5 heteroatoms. The molecule has 2 aromatic rings. The molecule has 1 heterocycles. The van der Waals surface area contributed by atoms with Gasteiger partial charge in [0.25, 0.3) is 0 Å². The van der Waals surface area contributed by atoms with Crippen LogP contribution in [0.3, 0.4) is 0 Å². The minimum atomic E-state index is -0.225. The van der Waals surface area contributed by atoms with Crippen LogP contribution in [0.2, 0.25) is 0 Å². The van der Waals surface area contributed by atoms with Crippen molar-refractivity contribution in [1.82, 2.24) is 0 Å². The van der Waals surface area contributed by atoms with E-state index in [4.69, 9.17) is 4.74 Å². The molecule has 28 heavy (non-hydrogen) atoms. The van der Waals surface area contributed by atoms with Gasteiger partial charge >= 0.3 is 0 Å². The molecule has 5 nitrogen and oxygen atoms in total. The number of amides is 2. The lowest BCUT2D eigenvalue weighted by Crippen LogP contribution is -2.26. The molecule has 1 N–H and O–H groups in total. The van der Waals surface area contributed by atoms with Crippen molar-refractivity contribution in [2.75, 3.05) is 23.9 Å². The van der Waals surface area contributed by atoms with Crippen LogP contribution in [-0.4, -0.2) is 25.5 Å². The zero-order chi connectivity index (χ0) is 20.1. The number of hydrogen-bond acceptors (Lipinski definition) is 3. The number of nitrogens with one attached hydrogen (secondary N) is 1. The second-order valence-corrected chi connectivity index (χ2v) is 7.30. The van der Waals surface area contributed by atoms with Crippen LogP contribution in [0.1, 0.15) is 44.6 Å². The SMILES string of the molecule is CC[C@H](C)[C@@H](C(=O)Nc1ccc(N2CCCC2=O)c(OC)c1)c1ccccc1. The minimum absolute atomic E-state index is 0.0346.